The van der Waals surface area contributed by atoms with Crippen LogP contribution in [0.25, 0.3) is 6.08 Å². The van der Waals surface area contributed by atoms with E-state index in [2.05, 4.69) is 5.32 Å². The summed E-state index contributed by atoms with van der Waals surface area (Å²) >= 11 is 0. The van der Waals surface area contributed by atoms with Gasteiger partial charge >= 0.3 is 12.1 Å². The van der Waals surface area contributed by atoms with E-state index in [0.717, 1.165) is 11.6 Å². The minimum Gasteiger partial charge on any atom is -0.478 e. The highest BCUT2D eigenvalue weighted by atomic mass is 19.1. The highest BCUT2D eigenvalue weighted by Gasteiger charge is 2.05. The van der Waals surface area contributed by atoms with Crippen LogP contribution in [0.5, 0.6) is 0 Å². The lowest BCUT2D eigenvalue weighted by Crippen LogP contribution is -2.24. The standard InChI is InChI=1S/C19H18FNO4/c20-17-11-15(10-16(12-17)18(22)23)8-4-5-9-21-19(24)25-13-14-6-2-1-3-7-14/h1-4,6-8,10-12H,5,9,13H2,(H,21,24)(H,22,23). The van der Waals surface area contributed by atoms with Crippen molar-refractivity contribution in [1.29, 1.82) is 0 Å². The molecule has 1 amide bonds. The van der Waals surface area contributed by atoms with E-state index in [1.54, 1.807) is 12.2 Å². The van der Waals surface area contributed by atoms with Crippen molar-refractivity contribution in [3.05, 3.63) is 77.1 Å². The van der Waals surface area contributed by atoms with Gasteiger partial charge in [0.05, 0.1) is 5.56 Å². The van der Waals surface area contributed by atoms with Crippen molar-refractivity contribution in [2.24, 2.45) is 0 Å². The molecule has 0 heterocycles. The van der Waals surface area contributed by atoms with Crippen LogP contribution in [0.3, 0.4) is 0 Å². The van der Waals surface area contributed by atoms with Gasteiger partial charge in [-0.2, -0.15) is 0 Å². The molecule has 6 heteroatoms. The lowest BCUT2D eigenvalue weighted by molar-refractivity contribution is 0.0696. The minimum atomic E-state index is -1.18. The van der Waals surface area contributed by atoms with Crippen molar-refractivity contribution in [3.8, 4) is 0 Å². The molecule has 0 aromatic heterocycles. The largest absolute Gasteiger partial charge is 0.478 e. The number of nitrogens with one attached hydrogen (secondary N) is 1. The average molecular weight is 343 g/mol. The normalized spacial score (nSPS) is 10.6. The number of alkyl carbamates (subject to hydrolysis) is 1. The van der Waals surface area contributed by atoms with Crippen LogP contribution in [-0.4, -0.2) is 23.7 Å². The van der Waals surface area contributed by atoms with E-state index in [1.807, 2.05) is 30.3 Å². The first-order valence-electron chi connectivity index (χ1n) is 7.69. The number of ether oxygens (including phenoxy) is 1. The number of rotatable bonds is 7. The maximum atomic E-state index is 13.3. The Morgan fingerprint density at radius 3 is 2.64 bits per heavy atom. The van der Waals surface area contributed by atoms with Gasteiger partial charge in [-0.05, 0) is 35.7 Å². The summed E-state index contributed by atoms with van der Waals surface area (Å²) in [5, 5.41) is 11.5. The number of carboxylic acids is 1. The SMILES string of the molecule is O=C(NCCC=Cc1cc(F)cc(C(=O)O)c1)OCc1ccccc1. The topological polar surface area (TPSA) is 75.6 Å². The van der Waals surface area contributed by atoms with Crippen LogP contribution in [0.1, 0.15) is 27.9 Å². The molecule has 2 N–H and O–H groups in total. The highest BCUT2D eigenvalue weighted by Crippen LogP contribution is 2.11. The number of halogens is 1. The summed E-state index contributed by atoms with van der Waals surface area (Å²) in [6.07, 6.45) is 3.31. The van der Waals surface area contributed by atoms with Crippen molar-refractivity contribution in [2.45, 2.75) is 13.0 Å². The Morgan fingerprint density at radius 2 is 1.92 bits per heavy atom. The van der Waals surface area contributed by atoms with E-state index < -0.39 is 17.9 Å². The molecular formula is C19H18FNO4. The van der Waals surface area contributed by atoms with Crippen LogP contribution in [-0.2, 0) is 11.3 Å². The van der Waals surface area contributed by atoms with E-state index in [9.17, 15) is 14.0 Å². The first-order valence-corrected chi connectivity index (χ1v) is 7.69. The van der Waals surface area contributed by atoms with Gasteiger partial charge in [-0.15, -0.1) is 0 Å². The Labute approximate surface area is 144 Å². The predicted octanol–water partition coefficient (Wildman–Crippen LogP) is 3.85. The molecule has 0 radical (unpaired) electrons. The molecule has 0 saturated heterocycles. The Morgan fingerprint density at radius 1 is 1.16 bits per heavy atom. The summed E-state index contributed by atoms with van der Waals surface area (Å²) in [6, 6.07) is 12.9. The first-order chi connectivity index (χ1) is 12.0. The number of hydrogen-bond donors (Lipinski definition) is 2. The van der Waals surface area contributed by atoms with Crippen molar-refractivity contribution >= 4 is 18.1 Å². The molecule has 0 fully saturated rings. The molecule has 0 aliphatic rings. The molecule has 0 atom stereocenters. The second-order valence-electron chi connectivity index (χ2n) is 5.26. The molecule has 5 nitrogen and oxygen atoms in total. The zero-order valence-corrected chi connectivity index (χ0v) is 13.4. The Balaban J connectivity index is 1.72. The maximum Gasteiger partial charge on any atom is 0.407 e. The summed E-state index contributed by atoms with van der Waals surface area (Å²) in [4.78, 5) is 22.4. The first kappa shape index (κ1) is 18.2. The van der Waals surface area contributed by atoms with E-state index in [0.29, 0.717) is 18.5 Å². The molecule has 130 valence electrons. The van der Waals surface area contributed by atoms with Gasteiger partial charge in [0.1, 0.15) is 12.4 Å². The van der Waals surface area contributed by atoms with Gasteiger partial charge in [0.25, 0.3) is 0 Å². The Bertz CT molecular complexity index is 759. The summed E-state index contributed by atoms with van der Waals surface area (Å²) in [6.45, 7) is 0.551. The third kappa shape index (κ3) is 6.47. The van der Waals surface area contributed by atoms with Crippen molar-refractivity contribution < 1.29 is 23.8 Å². The molecule has 0 aliphatic heterocycles. The number of carboxylic acid groups (broad SMARTS) is 1. The molecule has 0 spiro atoms. The lowest BCUT2D eigenvalue weighted by atomic mass is 10.1. The number of carbonyl (C=O) groups excluding carboxylic acids is 1. The quantitative estimate of drug-likeness (QED) is 0.749. The summed E-state index contributed by atoms with van der Waals surface area (Å²) in [5.41, 5.74) is 1.24. The van der Waals surface area contributed by atoms with Gasteiger partial charge in [-0.25, -0.2) is 14.0 Å². The zero-order chi connectivity index (χ0) is 18.1. The van der Waals surface area contributed by atoms with Gasteiger partial charge in [0.15, 0.2) is 0 Å². The summed E-state index contributed by atoms with van der Waals surface area (Å²) < 4.78 is 18.4. The molecule has 0 unspecified atom stereocenters. The van der Waals surface area contributed by atoms with Crippen LogP contribution in [0.2, 0.25) is 0 Å². The molecule has 2 aromatic carbocycles. The number of hydrogen-bond acceptors (Lipinski definition) is 3. The monoisotopic (exact) mass is 343 g/mol. The third-order valence-corrected chi connectivity index (χ3v) is 3.27. The lowest BCUT2D eigenvalue weighted by Gasteiger charge is -2.05. The maximum absolute atomic E-state index is 13.3. The smallest absolute Gasteiger partial charge is 0.407 e. The summed E-state index contributed by atoms with van der Waals surface area (Å²) in [7, 11) is 0. The van der Waals surface area contributed by atoms with E-state index in [1.165, 1.54) is 12.1 Å². The van der Waals surface area contributed by atoms with Gasteiger partial charge in [-0.3, -0.25) is 0 Å². The number of carbonyl (C=O) groups is 2. The van der Waals surface area contributed by atoms with Gasteiger partial charge < -0.3 is 15.2 Å². The average Bonchev–Trinajstić information content (AvgIpc) is 2.60. The Hall–Kier alpha value is -3.15. The van der Waals surface area contributed by atoms with Crippen molar-refractivity contribution in [3.63, 3.8) is 0 Å². The Kier molecular flexibility index (Phi) is 6.71. The van der Waals surface area contributed by atoms with Crippen LogP contribution in [0.15, 0.2) is 54.6 Å². The van der Waals surface area contributed by atoms with Gasteiger partial charge in [0.2, 0.25) is 0 Å². The van der Waals surface area contributed by atoms with E-state index in [4.69, 9.17) is 9.84 Å². The van der Waals surface area contributed by atoms with Crippen LogP contribution in [0, 0.1) is 5.82 Å². The number of amides is 1. The molecule has 25 heavy (non-hydrogen) atoms. The zero-order valence-electron chi connectivity index (χ0n) is 13.4. The molecule has 0 saturated carbocycles. The predicted molar refractivity (Wildman–Crippen MR) is 91.6 cm³/mol. The van der Waals surface area contributed by atoms with Gasteiger partial charge in [0, 0.05) is 6.54 Å². The minimum absolute atomic E-state index is 0.109. The second kappa shape index (κ2) is 9.22. The van der Waals surface area contributed by atoms with E-state index >= 15 is 0 Å². The van der Waals surface area contributed by atoms with Crippen LogP contribution in [0.4, 0.5) is 9.18 Å². The number of aromatic carboxylic acids is 1. The van der Waals surface area contributed by atoms with Crippen molar-refractivity contribution in [2.75, 3.05) is 6.54 Å². The van der Waals surface area contributed by atoms with E-state index in [-0.39, 0.29) is 12.2 Å². The van der Waals surface area contributed by atoms with Crippen LogP contribution >= 0.6 is 0 Å². The second-order valence-corrected chi connectivity index (χ2v) is 5.26. The molecule has 0 bridgehead atoms. The third-order valence-electron chi connectivity index (χ3n) is 3.27. The van der Waals surface area contributed by atoms with Crippen molar-refractivity contribution in [1.82, 2.24) is 5.32 Å². The van der Waals surface area contributed by atoms with Gasteiger partial charge in [-0.1, -0.05) is 42.5 Å². The number of benzene rings is 2. The fourth-order valence-electron chi connectivity index (χ4n) is 2.08. The highest BCUT2D eigenvalue weighted by molar-refractivity contribution is 5.88. The summed E-state index contributed by atoms with van der Waals surface area (Å²) in [5.74, 6) is -1.79. The molecule has 2 aromatic rings. The molecular weight excluding hydrogens is 325 g/mol. The fourth-order valence-corrected chi connectivity index (χ4v) is 2.08. The molecule has 2 rings (SSSR count). The van der Waals surface area contributed by atoms with Crippen LogP contribution < -0.4 is 5.32 Å². The molecule has 0 aliphatic carbocycles. The fraction of sp³-hybridized carbons (Fsp3) is 0.158.